The molecule has 2 aliphatic heterocycles. The van der Waals surface area contributed by atoms with Gasteiger partial charge in [0.05, 0.1) is 6.61 Å². The summed E-state index contributed by atoms with van der Waals surface area (Å²) >= 11 is 0. The monoisotopic (exact) mass is 376 g/mol. The van der Waals surface area contributed by atoms with Crippen molar-refractivity contribution >= 4 is 11.8 Å². The van der Waals surface area contributed by atoms with Gasteiger partial charge in [-0.25, -0.2) is 4.39 Å². The Labute approximate surface area is 160 Å². The fourth-order valence-electron chi connectivity index (χ4n) is 3.87. The van der Waals surface area contributed by atoms with E-state index in [1.807, 2.05) is 9.80 Å². The fraction of sp³-hybridized carbons (Fsp3) is 0.619. The van der Waals surface area contributed by atoms with Gasteiger partial charge in [-0.05, 0) is 44.2 Å². The largest absolute Gasteiger partial charge is 0.490 e. The van der Waals surface area contributed by atoms with Gasteiger partial charge in [0.2, 0.25) is 11.8 Å². The number of amides is 2. The summed E-state index contributed by atoms with van der Waals surface area (Å²) in [5.74, 6) is 0.513. The van der Waals surface area contributed by atoms with Crippen LogP contribution in [0.25, 0.3) is 0 Å². The van der Waals surface area contributed by atoms with Crippen LogP contribution in [0.4, 0.5) is 4.39 Å². The molecule has 3 rings (SSSR count). The average Bonchev–Trinajstić information content (AvgIpc) is 2.69. The van der Waals surface area contributed by atoms with Gasteiger partial charge in [0.1, 0.15) is 0 Å². The van der Waals surface area contributed by atoms with E-state index in [1.165, 1.54) is 6.07 Å². The van der Waals surface area contributed by atoms with Gasteiger partial charge in [0.15, 0.2) is 11.6 Å². The van der Waals surface area contributed by atoms with E-state index in [2.05, 4.69) is 0 Å². The number of para-hydroxylation sites is 1. The minimum atomic E-state index is -0.353. The second-order valence-electron chi connectivity index (χ2n) is 7.53. The Kier molecular flexibility index (Phi) is 7.07. The van der Waals surface area contributed by atoms with Crippen molar-refractivity contribution in [2.75, 3.05) is 32.8 Å². The van der Waals surface area contributed by atoms with Gasteiger partial charge in [-0.3, -0.25) is 9.59 Å². The lowest BCUT2D eigenvalue weighted by molar-refractivity contribution is -0.136. The number of piperidine rings is 2. The van der Waals surface area contributed by atoms with Crippen molar-refractivity contribution in [3.05, 3.63) is 30.1 Å². The zero-order valence-corrected chi connectivity index (χ0v) is 15.9. The van der Waals surface area contributed by atoms with Crippen LogP contribution in [0, 0.1) is 11.7 Å². The molecule has 0 saturated carbocycles. The first kappa shape index (κ1) is 19.6. The van der Waals surface area contributed by atoms with Gasteiger partial charge < -0.3 is 14.5 Å². The van der Waals surface area contributed by atoms with Crippen molar-refractivity contribution in [2.45, 2.75) is 44.9 Å². The van der Waals surface area contributed by atoms with Crippen LogP contribution in [0.2, 0.25) is 0 Å². The van der Waals surface area contributed by atoms with Crippen LogP contribution in [0.15, 0.2) is 24.3 Å². The number of hydrogen-bond donors (Lipinski definition) is 0. The average molecular weight is 376 g/mol. The van der Waals surface area contributed by atoms with E-state index in [1.54, 1.807) is 18.2 Å². The molecule has 27 heavy (non-hydrogen) atoms. The number of carbonyl (C=O) groups is 2. The third-order valence-corrected chi connectivity index (χ3v) is 5.42. The van der Waals surface area contributed by atoms with Gasteiger partial charge in [0.25, 0.3) is 0 Å². The van der Waals surface area contributed by atoms with Crippen molar-refractivity contribution in [3.63, 3.8) is 0 Å². The normalized spacial score (nSPS) is 20.6. The predicted molar refractivity (Wildman–Crippen MR) is 101 cm³/mol. The Bertz CT molecular complexity index is 652. The highest BCUT2D eigenvalue weighted by atomic mass is 19.1. The lowest BCUT2D eigenvalue weighted by Gasteiger charge is -2.33. The number of halogens is 1. The van der Waals surface area contributed by atoms with Crippen molar-refractivity contribution < 1.29 is 18.7 Å². The minimum absolute atomic E-state index is 0.148. The topological polar surface area (TPSA) is 49.9 Å². The molecule has 1 atom stereocenters. The van der Waals surface area contributed by atoms with Gasteiger partial charge >= 0.3 is 0 Å². The predicted octanol–water partition coefficient (Wildman–Crippen LogP) is 3.24. The number of benzene rings is 1. The Morgan fingerprint density at radius 1 is 1.19 bits per heavy atom. The molecule has 5 nitrogen and oxygen atoms in total. The van der Waals surface area contributed by atoms with E-state index < -0.39 is 0 Å². The van der Waals surface area contributed by atoms with E-state index in [-0.39, 0.29) is 29.3 Å². The Morgan fingerprint density at radius 2 is 2.04 bits per heavy atom. The van der Waals surface area contributed by atoms with Gasteiger partial charge in [-0.2, -0.15) is 0 Å². The van der Waals surface area contributed by atoms with Crippen LogP contribution >= 0.6 is 0 Å². The molecule has 2 fully saturated rings. The Hall–Kier alpha value is -2.11. The number of hydrogen-bond acceptors (Lipinski definition) is 3. The number of likely N-dealkylation sites (tertiary alicyclic amines) is 2. The molecule has 0 aliphatic carbocycles. The van der Waals surface area contributed by atoms with Crippen LogP contribution in [0.5, 0.6) is 5.75 Å². The van der Waals surface area contributed by atoms with Crippen LogP contribution < -0.4 is 4.74 Å². The molecule has 0 aromatic heterocycles. The molecule has 1 aromatic rings. The van der Waals surface area contributed by atoms with Crippen molar-refractivity contribution in [1.29, 1.82) is 0 Å². The molecular weight excluding hydrogens is 347 g/mol. The summed E-state index contributed by atoms with van der Waals surface area (Å²) in [6, 6.07) is 6.41. The summed E-state index contributed by atoms with van der Waals surface area (Å²) in [6.07, 6.45) is 5.82. The SMILES string of the molecule is O=C1CCCCN1CCCC(=O)N1CCC[C@H](COc2ccccc2F)C1. The number of ether oxygens (including phenoxy) is 1. The van der Waals surface area contributed by atoms with Crippen molar-refractivity contribution in [3.8, 4) is 5.75 Å². The van der Waals surface area contributed by atoms with Gasteiger partial charge in [-0.15, -0.1) is 0 Å². The molecule has 1 aromatic carbocycles. The lowest BCUT2D eigenvalue weighted by atomic mass is 9.98. The molecule has 0 bridgehead atoms. The quantitative estimate of drug-likeness (QED) is 0.734. The maximum Gasteiger partial charge on any atom is 0.222 e. The summed E-state index contributed by atoms with van der Waals surface area (Å²) in [5, 5.41) is 0. The maximum atomic E-state index is 13.7. The van der Waals surface area contributed by atoms with Crippen LogP contribution in [0.3, 0.4) is 0 Å². The number of nitrogens with zero attached hydrogens (tertiary/aromatic N) is 2. The maximum absolute atomic E-state index is 13.7. The third kappa shape index (κ3) is 5.68. The summed E-state index contributed by atoms with van der Waals surface area (Å²) in [5.41, 5.74) is 0. The molecule has 2 heterocycles. The number of rotatable bonds is 7. The smallest absolute Gasteiger partial charge is 0.222 e. The first-order valence-electron chi connectivity index (χ1n) is 10.1. The van der Waals surface area contributed by atoms with Gasteiger partial charge in [-0.1, -0.05) is 12.1 Å². The fourth-order valence-corrected chi connectivity index (χ4v) is 3.87. The van der Waals surface area contributed by atoms with Crippen LogP contribution in [0.1, 0.15) is 44.9 Å². The summed E-state index contributed by atoms with van der Waals surface area (Å²) in [7, 11) is 0. The Balaban J connectivity index is 1.39. The second kappa shape index (κ2) is 9.72. The molecule has 6 heteroatoms. The van der Waals surface area contributed by atoms with Crippen molar-refractivity contribution in [1.82, 2.24) is 9.80 Å². The molecule has 148 valence electrons. The summed E-state index contributed by atoms with van der Waals surface area (Å²) < 4.78 is 19.3. The molecule has 0 N–H and O–H groups in total. The molecular formula is C21H29FN2O3. The Morgan fingerprint density at radius 3 is 2.85 bits per heavy atom. The summed E-state index contributed by atoms with van der Waals surface area (Å²) in [4.78, 5) is 28.1. The lowest BCUT2D eigenvalue weighted by Crippen LogP contribution is -2.42. The molecule has 2 aliphatic rings. The zero-order valence-electron chi connectivity index (χ0n) is 15.9. The summed E-state index contributed by atoms with van der Waals surface area (Å²) in [6.45, 7) is 3.37. The van der Waals surface area contributed by atoms with Gasteiger partial charge in [0, 0.05) is 44.9 Å². The first-order chi connectivity index (χ1) is 13.1. The minimum Gasteiger partial charge on any atom is -0.490 e. The van der Waals surface area contributed by atoms with E-state index >= 15 is 0 Å². The van der Waals surface area contributed by atoms with Crippen LogP contribution in [-0.4, -0.2) is 54.4 Å². The third-order valence-electron chi connectivity index (χ3n) is 5.42. The highest BCUT2D eigenvalue weighted by Gasteiger charge is 2.25. The second-order valence-corrected chi connectivity index (χ2v) is 7.53. The van der Waals surface area contributed by atoms with E-state index in [0.29, 0.717) is 32.5 Å². The first-order valence-corrected chi connectivity index (χ1v) is 10.1. The number of carbonyl (C=O) groups excluding carboxylic acids is 2. The highest BCUT2D eigenvalue weighted by molar-refractivity contribution is 5.77. The molecule has 2 amide bonds. The standard InChI is InChI=1S/C21H29FN2O3/c22-18-8-1-2-9-19(18)27-16-17-7-5-14-24(15-17)21(26)11-6-13-23-12-4-3-10-20(23)25/h1-2,8-9,17H,3-7,10-16H2/t17-/m0/s1. The zero-order chi connectivity index (χ0) is 19.1. The molecule has 0 unspecified atom stereocenters. The van der Waals surface area contributed by atoms with E-state index in [4.69, 9.17) is 4.74 Å². The van der Waals surface area contributed by atoms with E-state index in [9.17, 15) is 14.0 Å². The van der Waals surface area contributed by atoms with Crippen LogP contribution in [-0.2, 0) is 9.59 Å². The highest BCUT2D eigenvalue weighted by Crippen LogP contribution is 2.21. The molecule has 0 radical (unpaired) electrons. The van der Waals surface area contributed by atoms with Crippen molar-refractivity contribution in [2.24, 2.45) is 5.92 Å². The molecule has 2 saturated heterocycles. The van der Waals surface area contributed by atoms with E-state index in [0.717, 1.165) is 45.2 Å². The molecule has 0 spiro atoms.